The monoisotopic (exact) mass is 480 g/mol. The number of aryl methyl sites for hydroxylation is 2. The molecule has 178 valence electrons. The number of carbonyl (C=O) groups excluding carboxylic acids is 3. The minimum absolute atomic E-state index is 0.119. The third-order valence-electron chi connectivity index (χ3n) is 5.14. The van der Waals surface area contributed by atoms with Crippen LogP contribution in [-0.4, -0.2) is 29.4 Å². The van der Waals surface area contributed by atoms with Crippen LogP contribution in [0.4, 0.5) is 5.69 Å². The standard InChI is InChI=1S/C26H28N2O5S/c1-16-21(17(2)33-28-16)15-34-23-9-7-6-8-20(23)24(30)32-14-22(29)18-10-12-19(13-11-18)27-25(31)26(3,4)5/h6-13H,14-15H2,1-5H3,(H,27,31). The fourth-order valence-electron chi connectivity index (χ4n) is 2.97. The largest absolute Gasteiger partial charge is 0.454 e. The van der Waals surface area contributed by atoms with Crippen LogP contribution in [-0.2, 0) is 15.3 Å². The van der Waals surface area contributed by atoms with Crippen molar-refractivity contribution in [2.75, 3.05) is 11.9 Å². The average molecular weight is 481 g/mol. The van der Waals surface area contributed by atoms with Gasteiger partial charge in [0.2, 0.25) is 5.91 Å². The van der Waals surface area contributed by atoms with E-state index in [0.29, 0.717) is 22.6 Å². The molecule has 0 saturated heterocycles. The number of hydrogen-bond donors (Lipinski definition) is 1. The number of Topliss-reactive ketones (excluding diaryl/α,β-unsaturated/α-hetero) is 1. The highest BCUT2D eigenvalue weighted by atomic mass is 32.2. The second-order valence-corrected chi connectivity index (χ2v) is 9.89. The number of carbonyl (C=O) groups is 3. The molecular formula is C26H28N2O5S. The number of aromatic nitrogens is 1. The van der Waals surface area contributed by atoms with E-state index in [1.807, 2.05) is 46.8 Å². The number of benzene rings is 2. The van der Waals surface area contributed by atoms with Crippen LogP contribution < -0.4 is 5.32 Å². The fourth-order valence-corrected chi connectivity index (χ4v) is 4.16. The molecule has 0 aliphatic heterocycles. The zero-order chi connectivity index (χ0) is 24.9. The van der Waals surface area contributed by atoms with Crippen molar-refractivity contribution in [2.24, 2.45) is 5.41 Å². The lowest BCUT2D eigenvalue weighted by atomic mass is 9.95. The lowest BCUT2D eigenvalue weighted by molar-refractivity contribution is -0.123. The van der Waals surface area contributed by atoms with Crippen LogP contribution in [0.3, 0.4) is 0 Å². The summed E-state index contributed by atoms with van der Waals surface area (Å²) in [6.07, 6.45) is 0. The number of amides is 1. The Morgan fingerprint density at radius 2 is 1.71 bits per heavy atom. The van der Waals surface area contributed by atoms with Gasteiger partial charge in [-0.1, -0.05) is 38.1 Å². The highest BCUT2D eigenvalue weighted by Gasteiger charge is 2.21. The topological polar surface area (TPSA) is 98.5 Å². The molecule has 1 aromatic heterocycles. The van der Waals surface area contributed by atoms with E-state index in [-0.39, 0.29) is 18.3 Å². The molecule has 3 aromatic rings. The molecule has 0 bridgehead atoms. The van der Waals surface area contributed by atoms with Crippen molar-refractivity contribution in [2.45, 2.75) is 45.3 Å². The van der Waals surface area contributed by atoms with Gasteiger partial charge in [-0.2, -0.15) is 0 Å². The number of rotatable bonds is 8. The van der Waals surface area contributed by atoms with Gasteiger partial charge in [-0.15, -0.1) is 11.8 Å². The summed E-state index contributed by atoms with van der Waals surface area (Å²) >= 11 is 1.48. The maximum absolute atomic E-state index is 12.7. The Morgan fingerprint density at radius 3 is 2.32 bits per heavy atom. The Kier molecular flexibility index (Phi) is 7.94. The third-order valence-corrected chi connectivity index (χ3v) is 6.24. The SMILES string of the molecule is Cc1noc(C)c1CSc1ccccc1C(=O)OCC(=O)c1ccc(NC(=O)C(C)(C)C)cc1. The normalized spacial score (nSPS) is 11.2. The summed E-state index contributed by atoms with van der Waals surface area (Å²) in [5.74, 6) is 0.334. The van der Waals surface area contributed by atoms with Crippen LogP contribution in [0.25, 0.3) is 0 Å². The van der Waals surface area contributed by atoms with Crippen LogP contribution in [0.15, 0.2) is 57.9 Å². The first-order valence-corrected chi connectivity index (χ1v) is 11.8. The van der Waals surface area contributed by atoms with Crippen LogP contribution in [0.5, 0.6) is 0 Å². The fraction of sp³-hybridized carbons (Fsp3) is 0.308. The van der Waals surface area contributed by atoms with Crippen molar-refractivity contribution in [1.29, 1.82) is 0 Å². The molecular weight excluding hydrogens is 452 g/mol. The molecule has 0 unspecified atom stereocenters. The van der Waals surface area contributed by atoms with Crippen molar-refractivity contribution < 1.29 is 23.6 Å². The number of hydrogen-bond acceptors (Lipinski definition) is 7. The molecule has 2 aromatic carbocycles. The summed E-state index contributed by atoms with van der Waals surface area (Å²) in [6.45, 7) is 8.82. The van der Waals surface area contributed by atoms with E-state index in [4.69, 9.17) is 9.26 Å². The van der Waals surface area contributed by atoms with E-state index in [0.717, 1.165) is 21.9 Å². The minimum Gasteiger partial charge on any atom is -0.454 e. The van der Waals surface area contributed by atoms with Crippen molar-refractivity contribution in [3.8, 4) is 0 Å². The van der Waals surface area contributed by atoms with Crippen molar-refractivity contribution in [1.82, 2.24) is 5.16 Å². The summed E-state index contributed by atoms with van der Waals surface area (Å²) < 4.78 is 10.5. The maximum Gasteiger partial charge on any atom is 0.339 e. The van der Waals surface area contributed by atoms with Crippen molar-refractivity contribution in [3.05, 3.63) is 76.7 Å². The Morgan fingerprint density at radius 1 is 1.03 bits per heavy atom. The van der Waals surface area contributed by atoms with Gasteiger partial charge in [0.25, 0.3) is 0 Å². The lowest BCUT2D eigenvalue weighted by Crippen LogP contribution is -2.27. The molecule has 0 fully saturated rings. The van der Waals surface area contributed by atoms with Gasteiger partial charge in [0, 0.05) is 32.9 Å². The predicted molar refractivity (Wildman–Crippen MR) is 131 cm³/mol. The minimum atomic E-state index is -0.565. The molecule has 0 atom stereocenters. The second-order valence-electron chi connectivity index (χ2n) is 8.87. The van der Waals surface area contributed by atoms with Gasteiger partial charge in [0.15, 0.2) is 12.4 Å². The molecule has 0 spiro atoms. The number of esters is 1. The molecule has 7 nitrogen and oxygen atoms in total. The van der Waals surface area contributed by atoms with Gasteiger partial charge in [0.1, 0.15) is 5.76 Å². The van der Waals surface area contributed by atoms with E-state index < -0.39 is 11.4 Å². The number of nitrogens with zero attached hydrogens (tertiary/aromatic N) is 1. The number of ether oxygens (including phenoxy) is 1. The Hall–Kier alpha value is -3.39. The molecule has 0 aliphatic rings. The van der Waals surface area contributed by atoms with Crippen molar-refractivity contribution in [3.63, 3.8) is 0 Å². The van der Waals surface area contributed by atoms with E-state index >= 15 is 0 Å². The Bertz CT molecular complexity index is 1170. The first kappa shape index (κ1) is 25.2. The predicted octanol–water partition coefficient (Wildman–Crippen LogP) is 5.61. The average Bonchev–Trinajstić information content (AvgIpc) is 3.13. The quantitative estimate of drug-likeness (QED) is 0.254. The van der Waals surface area contributed by atoms with Gasteiger partial charge in [0.05, 0.1) is 11.3 Å². The highest BCUT2D eigenvalue weighted by Crippen LogP contribution is 2.29. The first-order valence-electron chi connectivity index (χ1n) is 10.8. The van der Waals surface area contributed by atoms with Crippen LogP contribution in [0.2, 0.25) is 0 Å². The summed E-state index contributed by atoms with van der Waals surface area (Å²) in [5.41, 5.74) is 2.67. The van der Waals surface area contributed by atoms with Gasteiger partial charge >= 0.3 is 5.97 Å². The van der Waals surface area contributed by atoms with E-state index in [2.05, 4.69) is 10.5 Å². The molecule has 34 heavy (non-hydrogen) atoms. The van der Waals surface area contributed by atoms with E-state index in [1.54, 1.807) is 36.4 Å². The third kappa shape index (κ3) is 6.35. The summed E-state index contributed by atoms with van der Waals surface area (Å²) in [4.78, 5) is 38.1. The number of thioether (sulfide) groups is 1. The molecule has 0 aliphatic carbocycles. The number of ketones is 1. The Balaban J connectivity index is 1.59. The van der Waals surface area contributed by atoms with Gasteiger partial charge < -0.3 is 14.6 Å². The van der Waals surface area contributed by atoms with E-state index in [9.17, 15) is 14.4 Å². The summed E-state index contributed by atoms with van der Waals surface area (Å²) in [7, 11) is 0. The zero-order valence-electron chi connectivity index (χ0n) is 19.9. The van der Waals surface area contributed by atoms with Gasteiger partial charge in [-0.05, 0) is 50.2 Å². The molecule has 1 N–H and O–H groups in total. The zero-order valence-corrected chi connectivity index (χ0v) is 20.7. The molecule has 1 amide bonds. The Labute approximate surface area is 203 Å². The first-order chi connectivity index (χ1) is 16.1. The van der Waals surface area contributed by atoms with Gasteiger partial charge in [-0.25, -0.2) is 4.79 Å². The molecule has 0 saturated carbocycles. The van der Waals surface area contributed by atoms with E-state index in [1.165, 1.54) is 11.8 Å². The molecule has 8 heteroatoms. The maximum atomic E-state index is 12.7. The highest BCUT2D eigenvalue weighted by molar-refractivity contribution is 7.98. The molecule has 1 heterocycles. The second kappa shape index (κ2) is 10.7. The van der Waals surface area contributed by atoms with Gasteiger partial charge in [-0.3, -0.25) is 9.59 Å². The smallest absolute Gasteiger partial charge is 0.339 e. The van der Waals surface area contributed by atoms with Crippen molar-refractivity contribution >= 4 is 35.1 Å². The van der Waals surface area contributed by atoms with Crippen LogP contribution in [0.1, 0.15) is 58.5 Å². The number of anilines is 1. The summed E-state index contributed by atoms with van der Waals surface area (Å²) in [6, 6.07) is 13.6. The lowest BCUT2D eigenvalue weighted by Gasteiger charge is -2.17. The van der Waals surface area contributed by atoms with Crippen LogP contribution in [0, 0.1) is 19.3 Å². The van der Waals surface area contributed by atoms with Crippen LogP contribution >= 0.6 is 11.8 Å². The number of nitrogens with one attached hydrogen (secondary N) is 1. The molecule has 0 radical (unpaired) electrons. The molecule has 3 rings (SSSR count). The summed E-state index contributed by atoms with van der Waals surface area (Å²) in [5, 5.41) is 6.76.